The first-order valence-corrected chi connectivity index (χ1v) is 9.98. The van der Waals surface area contributed by atoms with Crippen LogP contribution in [0, 0.1) is 17.8 Å². The van der Waals surface area contributed by atoms with Gasteiger partial charge in [0, 0.05) is 37.1 Å². The molecule has 1 amide bonds. The molecular weight excluding hydrogens is 346 g/mol. The molecule has 1 aromatic carbocycles. The van der Waals surface area contributed by atoms with Crippen molar-refractivity contribution in [3.8, 4) is 0 Å². The molecule has 2 aliphatic rings. The molecule has 0 aliphatic heterocycles. The summed E-state index contributed by atoms with van der Waals surface area (Å²) >= 11 is 0. The van der Waals surface area contributed by atoms with Crippen molar-refractivity contribution in [2.24, 2.45) is 17.8 Å². The molecule has 3 aromatic rings. The van der Waals surface area contributed by atoms with Gasteiger partial charge >= 0.3 is 0 Å². The highest BCUT2D eigenvalue weighted by atomic mass is 16.2. The number of hydrogen-bond donors (Lipinski definition) is 0. The Morgan fingerprint density at radius 1 is 1.04 bits per heavy atom. The number of rotatable bonds is 5. The predicted octanol–water partition coefficient (Wildman–Crippen LogP) is 4.48. The molecule has 0 unspecified atom stereocenters. The predicted molar refractivity (Wildman–Crippen MR) is 110 cm³/mol. The zero-order valence-corrected chi connectivity index (χ0v) is 15.7. The lowest BCUT2D eigenvalue weighted by Crippen LogP contribution is -2.36. The molecular formula is C24H23N3O. The molecule has 28 heavy (non-hydrogen) atoms. The number of carbonyl (C=O) groups is 1. The summed E-state index contributed by atoms with van der Waals surface area (Å²) in [5.41, 5.74) is 1.59. The summed E-state index contributed by atoms with van der Waals surface area (Å²) in [6.07, 6.45) is 12.5. The van der Waals surface area contributed by atoms with Crippen molar-refractivity contribution in [1.29, 1.82) is 0 Å². The van der Waals surface area contributed by atoms with Gasteiger partial charge in [0.15, 0.2) is 0 Å². The molecule has 2 bridgehead atoms. The number of nitrogens with zero attached hydrogens (tertiary/aromatic N) is 3. The first-order chi connectivity index (χ1) is 13.8. The van der Waals surface area contributed by atoms with Crippen LogP contribution in [0.2, 0.25) is 0 Å². The summed E-state index contributed by atoms with van der Waals surface area (Å²) in [6.45, 7) is 1.33. The van der Waals surface area contributed by atoms with Gasteiger partial charge in [-0.25, -0.2) is 0 Å². The number of allylic oxidation sites excluding steroid dienone is 2. The molecule has 0 spiro atoms. The molecule has 4 nitrogen and oxygen atoms in total. The van der Waals surface area contributed by atoms with Gasteiger partial charge in [0.25, 0.3) is 5.91 Å². The Hall–Kier alpha value is -3.01. The molecule has 2 heterocycles. The van der Waals surface area contributed by atoms with Crippen LogP contribution in [-0.2, 0) is 6.54 Å². The number of hydrogen-bond acceptors (Lipinski definition) is 3. The van der Waals surface area contributed by atoms with Gasteiger partial charge in [0.2, 0.25) is 0 Å². The minimum Gasteiger partial charge on any atom is -0.333 e. The fourth-order valence-corrected chi connectivity index (χ4v) is 4.76. The smallest absolute Gasteiger partial charge is 0.273 e. The lowest BCUT2D eigenvalue weighted by molar-refractivity contribution is 0.0701. The van der Waals surface area contributed by atoms with E-state index in [1.165, 1.54) is 12.8 Å². The largest absolute Gasteiger partial charge is 0.333 e. The van der Waals surface area contributed by atoms with Crippen molar-refractivity contribution >= 4 is 16.7 Å². The molecule has 1 fully saturated rings. The summed E-state index contributed by atoms with van der Waals surface area (Å²) in [6, 6.07) is 13.9. The number of pyridine rings is 2. The molecule has 5 rings (SSSR count). The van der Waals surface area contributed by atoms with Crippen LogP contribution in [0.1, 0.15) is 28.9 Å². The number of fused-ring (bicyclic) bond motifs is 3. The summed E-state index contributed by atoms with van der Waals surface area (Å²) in [5, 5.41) is 1.96. The van der Waals surface area contributed by atoms with Gasteiger partial charge in [-0.05, 0) is 53.7 Å². The average Bonchev–Trinajstić information content (AvgIpc) is 3.36. The van der Waals surface area contributed by atoms with Crippen LogP contribution in [0.3, 0.4) is 0 Å². The van der Waals surface area contributed by atoms with Gasteiger partial charge in [0.05, 0.1) is 0 Å². The molecule has 2 aliphatic carbocycles. The van der Waals surface area contributed by atoms with E-state index in [2.05, 4.69) is 22.1 Å². The van der Waals surface area contributed by atoms with E-state index in [0.29, 0.717) is 30.0 Å². The van der Waals surface area contributed by atoms with Crippen molar-refractivity contribution in [2.45, 2.75) is 19.4 Å². The summed E-state index contributed by atoms with van der Waals surface area (Å²) < 4.78 is 0. The second-order valence-electron chi connectivity index (χ2n) is 7.97. The van der Waals surface area contributed by atoms with Gasteiger partial charge in [0.1, 0.15) is 5.69 Å². The second-order valence-corrected chi connectivity index (χ2v) is 7.97. The number of carbonyl (C=O) groups excluding carboxylic acids is 1. The van der Waals surface area contributed by atoms with Gasteiger partial charge in [-0.3, -0.25) is 14.8 Å². The van der Waals surface area contributed by atoms with E-state index in [4.69, 9.17) is 0 Å². The monoisotopic (exact) mass is 369 g/mol. The minimum atomic E-state index is 0.00686. The number of amides is 1. The summed E-state index contributed by atoms with van der Waals surface area (Å²) in [7, 11) is 0. The molecule has 0 saturated heterocycles. The van der Waals surface area contributed by atoms with E-state index in [1.54, 1.807) is 12.4 Å². The number of aromatic nitrogens is 2. The van der Waals surface area contributed by atoms with E-state index >= 15 is 0 Å². The molecule has 140 valence electrons. The van der Waals surface area contributed by atoms with Gasteiger partial charge in [-0.1, -0.05) is 42.5 Å². The first-order valence-electron chi connectivity index (χ1n) is 9.98. The Balaban J connectivity index is 1.47. The zero-order valence-electron chi connectivity index (χ0n) is 15.7. The van der Waals surface area contributed by atoms with Crippen LogP contribution < -0.4 is 0 Å². The van der Waals surface area contributed by atoms with E-state index in [0.717, 1.165) is 22.9 Å². The Bertz CT molecular complexity index is 1020. The van der Waals surface area contributed by atoms with Gasteiger partial charge < -0.3 is 4.90 Å². The van der Waals surface area contributed by atoms with Crippen LogP contribution >= 0.6 is 0 Å². The van der Waals surface area contributed by atoms with Crippen molar-refractivity contribution in [3.63, 3.8) is 0 Å². The van der Waals surface area contributed by atoms with Crippen LogP contribution in [0.25, 0.3) is 10.8 Å². The first kappa shape index (κ1) is 17.1. The van der Waals surface area contributed by atoms with Crippen LogP contribution in [0.15, 0.2) is 73.2 Å². The Morgan fingerprint density at radius 2 is 1.96 bits per heavy atom. The quantitative estimate of drug-likeness (QED) is 0.623. The van der Waals surface area contributed by atoms with Gasteiger partial charge in [-0.2, -0.15) is 0 Å². The molecule has 1 saturated carbocycles. The third kappa shape index (κ3) is 3.19. The molecule has 3 atom stereocenters. The SMILES string of the molecule is O=C(c1nccc2ccccc12)N(Cc1cccnc1)C[C@@H]1C[C@@H]2C=C[C@H]1C2. The standard InChI is InChI=1S/C24H23N3O/c28-24(23-22-6-2-1-5-19(22)9-11-26-23)27(15-18-4-3-10-25-14-18)16-21-13-17-7-8-20(21)12-17/h1-11,14,17,20-21H,12-13,15-16H2/t17-,20+,21+/m1/s1. The van der Waals surface area contributed by atoms with Crippen molar-refractivity contribution < 1.29 is 4.79 Å². The second kappa shape index (κ2) is 7.19. The minimum absolute atomic E-state index is 0.00686. The fraction of sp³-hybridized carbons (Fsp3) is 0.292. The highest BCUT2D eigenvalue weighted by molar-refractivity contribution is 6.05. The Morgan fingerprint density at radius 3 is 2.75 bits per heavy atom. The van der Waals surface area contributed by atoms with Crippen LogP contribution in [0.5, 0.6) is 0 Å². The van der Waals surface area contributed by atoms with Gasteiger partial charge in [-0.15, -0.1) is 0 Å². The van der Waals surface area contributed by atoms with Crippen LogP contribution in [0.4, 0.5) is 0 Å². The van der Waals surface area contributed by atoms with E-state index < -0.39 is 0 Å². The van der Waals surface area contributed by atoms with Crippen molar-refractivity contribution in [2.75, 3.05) is 6.54 Å². The Labute approximate surface area is 164 Å². The van der Waals surface area contributed by atoms with E-state index in [-0.39, 0.29) is 5.91 Å². The topological polar surface area (TPSA) is 46.1 Å². The molecule has 2 aromatic heterocycles. The van der Waals surface area contributed by atoms with Crippen molar-refractivity contribution in [3.05, 3.63) is 84.5 Å². The molecule has 0 N–H and O–H groups in total. The third-order valence-corrected chi connectivity index (χ3v) is 6.13. The lowest BCUT2D eigenvalue weighted by Gasteiger charge is -2.29. The summed E-state index contributed by atoms with van der Waals surface area (Å²) in [4.78, 5) is 24.3. The molecule has 4 heteroatoms. The summed E-state index contributed by atoms with van der Waals surface area (Å²) in [5.74, 6) is 1.84. The highest BCUT2D eigenvalue weighted by Crippen LogP contribution is 2.43. The zero-order chi connectivity index (χ0) is 18.9. The fourth-order valence-electron chi connectivity index (χ4n) is 4.76. The number of benzene rings is 1. The Kier molecular flexibility index (Phi) is 4.40. The van der Waals surface area contributed by atoms with Crippen LogP contribution in [-0.4, -0.2) is 27.3 Å². The van der Waals surface area contributed by atoms with E-state index in [1.807, 2.05) is 53.6 Å². The molecule has 0 radical (unpaired) electrons. The maximum atomic E-state index is 13.6. The maximum Gasteiger partial charge on any atom is 0.273 e. The van der Waals surface area contributed by atoms with Crippen molar-refractivity contribution in [1.82, 2.24) is 14.9 Å². The highest BCUT2D eigenvalue weighted by Gasteiger charge is 2.37. The average molecular weight is 369 g/mol. The lowest BCUT2D eigenvalue weighted by atomic mass is 9.92. The third-order valence-electron chi connectivity index (χ3n) is 6.13. The normalized spacial score (nSPS) is 22.6. The maximum absolute atomic E-state index is 13.6. The van der Waals surface area contributed by atoms with E-state index in [9.17, 15) is 4.79 Å².